The van der Waals surface area contributed by atoms with E-state index in [1.165, 1.54) is 11.1 Å². The highest BCUT2D eigenvalue weighted by Gasteiger charge is 2.11. The lowest BCUT2D eigenvalue weighted by Gasteiger charge is -2.10. The lowest BCUT2D eigenvalue weighted by atomic mass is 10.2. The Kier molecular flexibility index (Phi) is 4.61. The van der Waals surface area contributed by atoms with Crippen molar-refractivity contribution in [1.29, 1.82) is 0 Å². The Morgan fingerprint density at radius 3 is 2.53 bits per heavy atom. The topological polar surface area (TPSA) is 24.9 Å². The maximum Gasteiger partial charge on any atom is 0.146 e. The first-order chi connectivity index (χ1) is 9.01. The van der Waals surface area contributed by atoms with Gasteiger partial charge >= 0.3 is 0 Å². The number of hydrogen-bond donors (Lipinski definition) is 1. The number of nitrogens with zero attached hydrogens (tertiary/aromatic N) is 1. The first kappa shape index (κ1) is 14.5. The second-order valence-corrected chi connectivity index (χ2v) is 6.07. The molecule has 0 radical (unpaired) electrons. The van der Waals surface area contributed by atoms with Crippen LogP contribution in [-0.2, 0) is 0 Å². The maximum atomic E-state index is 6.20. The largest absolute Gasteiger partial charge is 0.372 e. The number of aryl methyl sites for hydroxylation is 2. The zero-order valence-electron chi connectivity index (χ0n) is 10.9. The standard InChI is InChI=1S/C14H14Cl2N2S/c1-8-4-5-9(2)12(6-8)19-14-11(16)7-10(15)13(17-3)18-14/h4-7H,1-3H3,(H,17,18). The van der Waals surface area contributed by atoms with Gasteiger partial charge in [0.25, 0.3) is 0 Å². The molecule has 0 fully saturated rings. The molecule has 0 atom stereocenters. The monoisotopic (exact) mass is 312 g/mol. The van der Waals surface area contributed by atoms with Crippen LogP contribution in [0.5, 0.6) is 0 Å². The summed E-state index contributed by atoms with van der Waals surface area (Å²) in [6, 6.07) is 8.04. The molecule has 0 saturated heterocycles. The van der Waals surface area contributed by atoms with E-state index in [1.807, 2.05) is 0 Å². The fourth-order valence-corrected chi connectivity index (χ4v) is 3.16. The minimum Gasteiger partial charge on any atom is -0.372 e. The molecule has 2 rings (SSSR count). The lowest BCUT2D eigenvalue weighted by molar-refractivity contribution is 1.12. The predicted molar refractivity (Wildman–Crippen MR) is 83.8 cm³/mol. The van der Waals surface area contributed by atoms with Gasteiger partial charge in [-0.1, -0.05) is 47.1 Å². The molecule has 0 saturated carbocycles. The minimum absolute atomic E-state index is 0.526. The molecule has 1 heterocycles. The van der Waals surface area contributed by atoms with E-state index in [2.05, 4.69) is 42.3 Å². The number of nitrogens with one attached hydrogen (secondary N) is 1. The summed E-state index contributed by atoms with van der Waals surface area (Å²) < 4.78 is 0. The third kappa shape index (κ3) is 3.35. The van der Waals surface area contributed by atoms with Gasteiger partial charge in [0.1, 0.15) is 10.8 Å². The molecule has 0 aliphatic rings. The van der Waals surface area contributed by atoms with Crippen LogP contribution in [-0.4, -0.2) is 12.0 Å². The Labute approximate surface area is 127 Å². The van der Waals surface area contributed by atoms with Crippen molar-refractivity contribution in [3.05, 3.63) is 45.4 Å². The summed E-state index contributed by atoms with van der Waals surface area (Å²) in [4.78, 5) is 5.60. The van der Waals surface area contributed by atoms with Gasteiger partial charge in [-0.05, 0) is 37.1 Å². The van der Waals surface area contributed by atoms with E-state index in [-0.39, 0.29) is 0 Å². The van der Waals surface area contributed by atoms with E-state index in [1.54, 1.807) is 24.9 Å². The summed E-state index contributed by atoms with van der Waals surface area (Å²) in [6.45, 7) is 4.14. The molecule has 0 unspecified atom stereocenters. The van der Waals surface area contributed by atoms with Crippen LogP contribution >= 0.6 is 35.0 Å². The average molecular weight is 313 g/mol. The van der Waals surface area contributed by atoms with Gasteiger partial charge in [0.2, 0.25) is 0 Å². The maximum absolute atomic E-state index is 6.20. The number of benzene rings is 1. The smallest absolute Gasteiger partial charge is 0.146 e. The van der Waals surface area contributed by atoms with E-state index >= 15 is 0 Å². The van der Waals surface area contributed by atoms with E-state index in [9.17, 15) is 0 Å². The van der Waals surface area contributed by atoms with Crippen molar-refractivity contribution in [2.45, 2.75) is 23.8 Å². The van der Waals surface area contributed by atoms with Gasteiger partial charge in [-0.2, -0.15) is 0 Å². The predicted octanol–water partition coefficient (Wildman–Crippen LogP) is 5.20. The molecule has 1 N–H and O–H groups in total. The Bertz CT molecular complexity index is 615. The molecule has 0 spiro atoms. The number of pyridine rings is 1. The van der Waals surface area contributed by atoms with Crippen molar-refractivity contribution >= 4 is 40.8 Å². The van der Waals surface area contributed by atoms with Gasteiger partial charge in [-0.3, -0.25) is 0 Å². The lowest BCUT2D eigenvalue weighted by Crippen LogP contribution is -1.95. The van der Waals surface area contributed by atoms with E-state index < -0.39 is 0 Å². The van der Waals surface area contributed by atoms with Crippen LogP contribution in [0.1, 0.15) is 11.1 Å². The van der Waals surface area contributed by atoms with E-state index in [4.69, 9.17) is 23.2 Å². The van der Waals surface area contributed by atoms with Crippen LogP contribution in [0.4, 0.5) is 5.82 Å². The van der Waals surface area contributed by atoms with E-state index in [0.717, 1.165) is 9.92 Å². The molecule has 19 heavy (non-hydrogen) atoms. The van der Waals surface area contributed by atoms with Gasteiger partial charge in [-0.15, -0.1) is 0 Å². The first-order valence-corrected chi connectivity index (χ1v) is 7.37. The van der Waals surface area contributed by atoms with E-state index in [0.29, 0.717) is 15.9 Å². The first-order valence-electron chi connectivity index (χ1n) is 5.80. The quantitative estimate of drug-likeness (QED) is 0.843. The van der Waals surface area contributed by atoms with Crippen LogP contribution < -0.4 is 5.32 Å². The average Bonchev–Trinajstić information content (AvgIpc) is 2.37. The molecule has 2 nitrogen and oxygen atoms in total. The fraction of sp³-hybridized carbons (Fsp3) is 0.214. The van der Waals surface area contributed by atoms with Gasteiger partial charge in [0.15, 0.2) is 0 Å². The SMILES string of the molecule is CNc1nc(Sc2cc(C)ccc2C)c(Cl)cc1Cl. The van der Waals surface area contributed by atoms with Crippen LogP contribution in [0.2, 0.25) is 10.0 Å². The highest BCUT2D eigenvalue weighted by atomic mass is 35.5. The summed E-state index contributed by atoms with van der Waals surface area (Å²) in [6.07, 6.45) is 0. The molecule has 1 aromatic carbocycles. The molecule has 0 amide bonds. The molecule has 0 bridgehead atoms. The van der Waals surface area contributed by atoms with Crippen molar-refractivity contribution in [2.24, 2.45) is 0 Å². The van der Waals surface area contributed by atoms with Crippen LogP contribution in [0, 0.1) is 13.8 Å². The minimum atomic E-state index is 0.526. The van der Waals surface area contributed by atoms with Crippen molar-refractivity contribution < 1.29 is 0 Å². The van der Waals surface area contributed by atoms with Crippen LogP contribution in [0.25, 0.3) is 0 Å². The summed E-state index contributed by atoms with van der Waals surface area (Å²) in [5, 5.41) is 4.80. The molecule has 0 aliphatic heterocycles. The highest BCUT2D eigenvalue weighted by Crippen LogP contribution is 2.37. The molecule has 0 aliphatic carbocycles. The highest BCUT2D eigenvalue weighted by molar-refractivity contribution is 7.99. The van der Waals surface area contributed by atoms with Gasteiger partial charge < -0.3 is 5.32 Å². The summed E-state index contributed by atoms with van der Waals surface area (Å²) in [5.41, 5.74) is 2.42. The number of halogens is 2. The number of anilines is 1. The zero-order chi connectivity index (χ0) is 14.0. The second-order valence-electron chi connectivity index (χ2n) is 4.23. The van der Waals surface area contributed by atoms with Crippen molar-refractivity contribution in [2.75, 3.05) is 12.4 Å². The summed E-state index contributed by atoms with van der Waals surface area (Å²) in [5.74, 6) is 0.638. The molecule has 100 valence electrons. The summed E-state index contributed by atoms with van der Waals surface area (Å²) >= 11 is 13.8. The second kappa shape index (κ2) is 6.04. The molecular formula is C14H14Cl2N2S. The van der Waals surface area contributed by atoms with Crippen molar-refractivity contribution in [1.82, 2.24) is 4.98 Å². The molecular weight excluding hydrogens is 299 g/mol. The molecule has 2 aromatic rings. The molecule has 1 aromatic heterocycles. The normalized spacial score (nSPS) is 10.6. The van der Waals surface area contributed by atoms with Gasteiger partial charge in [0, 0.05) is 11.9 Å². The fourth-order valence-electron chi connectivity index (χ4n) is 1.62. The van der Waals surface area contributed by atoms with Crippen molar-refractivity contribution in [3.63, 3.8) is 0 Å². The zero-order valence-corrected chi connectivity index (χ0v) is 13.2. The van der Waals surface area contributed by atoms with Crippen molar-refractivity contribution in [3.8, 4) is 0 Å². The Morgan fingerprint density at radius 1 is 1.11 bits per heavy atom. The third-order valence-electron chi connectivity index (χ3n) is 2.68. The Balaban J connectivity index is 2.40. The van der Waals surface area contributed by atoms with Crippen LogP contribution in [0.3, 0.4) is 0 Å². The third-order valence-corrected chi connectivity index (χ3v) is 4.54. The van der Waals surface area contributed by atoms with Gasteiger partial charge in [-0.25, -0.2) is 4.98 Å². The number of rotatable bonds is 3. The van der Waals surface area contributed by atoms with Crippen LogP contribution in [0.15, 0.2) is 34.2 Å². The number of hydrogen-bond acceptors (Lipinski definition) is 3. The summed E-state index contributed by atoms with van der Waals surface area (Å²) in [7, 11) is 1.79. The molecule has 5 heteroatoms. The van der Waals surface area contributed by atoms with Gasteiger partial charge in [0.05, 0.1) is 10.0 Å². The Hall–Kier alpha value is -0.900. The number of aromatic nitrogens is 1. The Morgan fingerprint density at radius 2 is 1.84 bits per heavy atom.